The fourth-order valence-corrected chi connectivity index (χ4v) is 7.35. The summed E-state index contributed by atoms with van der Waals surface area (Å²) in [7, 11) is 0. The molecule has 0 amide bonds. The fourth-order valence-electron chi connectivity index (χ4n) is 7.35. The summed E-state index contributed by atoms with van der Waals surface area (Å²) in [5, 5.41) is 0. The highest BCUT2D eigenvalue weighted by molar-refractivity contribution is 5.20. The van der Waals surface area contributed by atoms with Crippen molar-refractivity contribution in [3.63, 3.8) is 0 Å². The Hall–Kier alpha value is -0.0800. The van der Waals surface area contributed by atoms with Gasteiger partial charge in [-0.15, -0.1) is 0 Å². The van der Waals surface area contributed by atoms with E-state index in [1.165, 1.54) is 12.8 Å². The lowest BCUT2D eigenvalue weighted by Gasteiger charge is -2.46. The minimum absolute atomic E-state index is 0.622. The summed E-state index contributed by atoms with van der Waals surface area (Å²) in [5.41, 5.74) is 0. The van der Waals surface area contributed by atoms with Crippen LogP contribution in [0.25, 0.3) is 0 Å². The third kappa shape index (κ3) is 0.867. The Morgan fingerprint density at radius 2 is 1.33 bits per heavy atom. The predicted octanol–water partition coefficient (Wildman–Crippen LogP) is 2.33. The van der Waals surface area contributed by atoms with Gasteiger partial charge in [0.15, 0.2) is 0 Å². The van der Waals surface area contributed by atoms with E-state index < -0.39 is 0 Å². The number of rotatable bonds is 0. The van der Waals surface area contributed by atoms with Crippen molar-refractivity contribution in [1.82, 2.24) is 0 Å². The normalized spacial score (nSPS) is 77.7. The van der Waals surface area contributed by atoms with Crippen molar-refractivity contribution in [3.05, 3.63) is 0 Å². The molecule has 12 unspecified atom stereocenters. The standard InChI is InChI=1S/C16H22O2/c1-5-11-7-3-9(12(11)6(2)15-14(5)18-15)13-8(7)4-10-16(13)17-10/h5-16H,3-4H2,1-2H3. The Kier molecular flexibility index (Phi) is 1.46. The van der Waals surface area contributed by atoms with Gasteiger partial charge in [-0.3, -0.25) is 0 Å². The van der Waals surface area contributed by atoms with Crippen LogP contribution in [0.3, 0.4) is 0 Å². The van der Waals surface area contributed by atoms with Gasteiger partial charge in [0.25, 0.3) is 0 Å². The van der Waals surface area contributed by atoms with Crippen LogP contribution in [0.2, 0.25) is 0 Å². The second-order valence-corrected chi connectivity index (χ2v) is 8.12. The zero-order chi connectivity index (χ0) is 11.8. The van der Waals surface area contributed by atoms with Crippen LogP contribution in [0.15, 0.2) is 0 Å². The lowest BCUT2D eigenvalue weighted by molar-refractivity contribution is 0.000681. The molecule has 0 radical (unpaired) electrons. The Morgan fingerprint density at radius 1 is 0.667 bits per heavy atom. The van der Waals surface area contributed by atoms with Gasteiger partial charge in [-0.05, 0) is 60.2 Å². The van der Waals surface area contributed by atoms with Crippen molar-refractivity contribution in [2.45, 2.75) is 51.1 Å². The van der Waals surface area contributed by atoms with E-state index in [1.54, 1.807) is 0 Å². The maximum atomic E-state index is 5.99. The van der Waals surface area contributed by atoms with E-state index in [2.05, 4.69) is 13.8 Å². The quantitative estimate of drug-likeness (QED) is 0.613. The summed E-state index contributed by atoms with van der Waals surface area (Å²) >= 11 is 0. The molecule has 4 saturated carbocycles. The minimum atomic E-state index is 0.622. The summed E-state index contributed by atoms with van der Waals surface area (Å²) < 4.78 is 11.9. The molecule has 0 aromatic heterocycles. The SMILES string of the molecule is CC1C2OC2C(C)C2C3CC(C4CC5OC5C43)C12. The molecule has 6 aliphatic rings. The molecule has 2 heterocycles. The largest absolute Gasteiger partial charge is 0.369 e. The van der Waals surface area contributed by atoms with Crippen LogP contribution in [0.4, 0.5) is 0 Å². The van der Waals surface area contributed by atoms with E-state index in [9.17, 15) is 0 Å². The van der Waals surface area contributed by atoms with Crippen LogP contribution in [0.5, 0.6) is 0 Å². The predicted molar refractivity (Wildman–Crippen MR) is 65.8 cm³/mol. The highest BCUT2D eigenvalue weighted by atomic mass is 16.6. The fraction of sp³-hybridized carbons (Fsp3) is 1.00. The van der Waals surface area contributed by atoms with E-state index in [-0.39, 0.29) is 0 Å². The molecule has 2 nitrogen and oxygen atoms in total. The molecule has 6 rings (SSSR count). The molecule has 2 bridgehead atoms. The van der Waals surface area contributed by atoms with E-state index in [1.807, 2.05) is 0 Å². The molecule has 0 spiro atoms. The molecule has 2 aliphatic heterocycles. The average molecular weight is 246 g/mol. The summed E-state index contributed by atoms with van der Waals surface area (Å²) in [4.78, 5) is 0. The Labute approximate surface area is 108 Å². The Morgan fingerprint density at radius 3 is 2.11 bits per heavy atom. The van der Waals surface area contributed by atoms with Crippen molar-refractivity contribution < 1.29 is 9.47 Å². The van der Waals surface area contributed by atoms with Gasteiger partial charge in [0.05, 0.1) is 24.4 Å². The van der Waals surface area contributed by atoms with Gasteiger partial charge in [0.2, 0.25) is 0 Å². The van der Waals surface area contributed by atoms with Crippen molar-refractivity contribution >= 4 is 0 Å². The molecule has 12 atom stereocenters. The van der Waals surface area contributed by atoms with Gasteiger partial charge in [0.1, 0.15) is 0 Å². The maximum absolute atomic E-state index is 5.99. The molecule has 0 aromatic rings. The zero-order valence-electron chi connectivity index (χ0n) is 11.2. The zero-order valence-corrected chi connectivity index (χ0v) is 11.2. The first kappa shape index (κ1) is 9.77. The number of hydrogen-bond acceptors (Lipinski definition) is 2. The van der Waals surface area contributed by atoms with Crippen LogP contribution >= 0.6 is 0 Å². The third-order valence-electron chi connectivity index (χ3n) is 7.83. The lowest BCUT2D eigenvalue weighted by atomic mass is 9.57. The average Bonchev–Trinajstić information content (AvgIpc) is 3.20. The van der Waals surface area contributed by atoms with Gasteiger partial charge in [-0.1, -0.05) is 13.8 Å². The highest BCUT2D eigenvalue weighted by Crippen LogP contribution is 2.72. The lowest BCUT2D eigenvalue weighted by Crippen LogP contribution is -2.46. The molecule has 98 valence electrons. The summed E-state index contributed by atoms with van der Waals surface area (Å²) in [6, 6.07) is 0. The van der Waals surface area contributed by atoms with Gasteiger partial charge >= 0.3 is 0 Å². The first-order chi connectivity index (χ1) is 8.75. The minimum Gasteiger partial charge on any atom is -0.369 e. The van der Waals surface area contributed by atoms with Crippen LogP contribution in [-0.2, 0) is 9.47 Å². The number of ether oxygens (including phenoxy) is 2. The van der Waals surface area contributed by atoms with Crippen LogP contribution in [0, 0.1) is 47.3 Å². The topological polar surface area (TPSA) is 25.1 Å². The number of fused-ring (bicyclic) bond motifs is 11. The van der Waals surface area contributed by atoms with E-state index in [0.717, 1.165) is 47.3 Å². The third-order valence-corrected chi connectivity index (χ3v) is 7.83. The summed E-state index contributed by atoms with van der Waals surface area (Å²) in [6.07, 6.45) is 5.55. The van der Waals surface area contributed by atoms with Crippen molar-refractivity contribution in [2.24, 2.45) is 47.3 Å². The molecule has 0 N–H and O–H groups in total. The molecule has 2 saturated heterocycles. The Balaban J connectivity index is 1.44. The monoisotopic (exact) mass is 246 g/mol. The summed E-state index contributed by atoms with van der Waals surface area (Å²) in [5.74, 6) is 7.63. The van der Waals surface area contributed by atoms with Crippen LogP contribution in [-0.4, -0.2) is 24.4 Å². The van der Waals surface area contributed by atoms with E-state index in [0.29, 0.717) is 24.4 Å². The van der Waals surface area contributed by atoms with Gasteiger partial charge in [-0.25, -0.2) is 0 Å². The van der Waals surface area contributed by atoms with Crippen LogP contribution < -0.4 is 0 Å². The maximum Gasteiger partial charge on any atom is 0.0875 e. The number of epoxide rings is 2. The molecular weight excluding hydrogens is 224 g/mol. The molecule has 2 heteroatoms. The van der Waals surface area contributed by atoms with Crippen molar-refractivity contribution in [2.75, 3.05) is 0 Å². The van der Waals surface area contributed by atoms with Crippen molar-refractivity contribution in [1.29, 1.82) is 0 Å². The molecule has 6 fully saturated rings. The molecule has 0 aromatic carbocycles. The summed E-state index contributed by atoms with van der Waals surface area (Å²) in [6.45, 7) is 4.96. The van der Waals surface area contributed by atoms with E-state index in [4.69, 9.17) is 9.47 Å². The van der Waals surface area contributed by atoms with Crippen molar-refractivity contribution in [3.8, 4) is 0 Å². The first-order valence-electron chi connectivity index (χ1n) is 8.06. The first-order valence-corrected chi connectivity index (χ1v) is 8.06. The smallest absolute Gasteiger partial charge is 0.0875 e. The Bertz CT molecular complexity index is 435. The number of hydrogen-bond donors (Lipinski definition) is 0. The van der Waals surface area contributed by atoms with Crippen LogP contribution in [0.1, 0.15) is 26.7 Å². The van der Waals surface area contributed by atoms with Gasteiger partial charge in [-0.2, -0.15) is 0 Å². The highest BCUT2D eigenvalue weighted by Gasteiger charge is 2.73. The second-order valence-electron chi connectivity index (χ2n) is 8.12. The van der Waals surface area contributed by atoms with Gasteiger partial charge < -0.3 is 9.47 Å². The molecular formula is C16H22O2. The van der Waals surface area contributed by atoms with E-state index >= 15 is 0 Å². The van der Waals surface area contributed by atoms with Gasteiger partial charge in [0, 0.05) is 0 Å². The molecule has 18 heavy (non-hydrogen) atoms. The molecule has 4 aliphatic carbocycles. The second kappa shape index (κ2) is 2.69.